The molecule has 1 saturated carbocycles. The largest absolute Gasteiger partial charge is 0.381 e. The fraction of sp³-hybridized carbons (Fsp3) is 0.474. The number of carbonyl (C=O) groups is 1. The number of hydrogen-bond acceptors (Lipinski definition) is 5. The van der Waals surface area contributed by atoms with Crippen molar-refractivity contribution in [3.05, 3.63) is 41.1 Å². The van der Waals surface area contributed by atoms with Crippen LogP contribution in [0.5, 0.6) is 0 Å². The van der Waals surface area contributed by atoms with Gasteiger partial charge in [0, 0.05) is 25.9 Å². The Morgan fingerprint density at radius 3 is 2.63 bits per heavy atom. The van der Waals surface area contributed by atoms with Gasteiger partial charge in [0.15, 0.2) is 5.82 Å². The summed E-state index contributed by atoms with van der Waals surface area (Å²) in [6, 6.07) is 2.63. The van der Waals surface area contributed by atoms with Crippen LogP contribution in [0.3, 0.4) is 0 Å². The van der Waals surface area contributed by atoms with Crippen molar-refractivity contribution in [2.75, 3.05) is 12.9 Å². The van der Waals surface area contributed by atoms with Gasteiger partial charge in [-0.3, -0.25) is 10.2 Å². The lowest BCUT2D eigenvalue weighted by Gasteiger charge is -2.27. The Kier molecular flexibility index (Phi) is 7.12. The topological polar surface area (TPSA) is 102 Å². The predicted molar refractivity (Wildman–Crippen MR) is 111 cm³/mol. The first-order valence-electron chi connectivity index (χ1n) is 9.48. The smallest absolute Gasteiger partial charge is 0.269 e. The summed E-state index contributed by atoms with van der Waals surface area (Å²) < 4.78 is 46.1. The molecule has 2 aromatic rings. The molecular weight excluding hydrogens is 435 g/mol. The quantitative estimate of drug-likeness (QED) is 0.621. The molecule has 1 aromatic carbocycles. The second kappa shape index (κ2) is 9.42. The summed E-state index contributed by atoms with van der Waals surface area (Å²) in [6.07, 6.45) is 6.45. The minimum absolute atomic E-state index is 0.0236. The number of aryl methyl sites for hydroxylation is 1. The Morgan fingerprint density at radius 1 is 1.33 bits per heavy atom. The maximum absolute atomic E-state index is 14.4. The zero-order valence-corrected chi connectivity index (χ0v) is 18.3. The van der Waals surface area contributed by atoms with Crippen LogP contribution in [0.2, 0.25) is 5.02 Å². The maximum Gasteiger partial charge on any atom is 0.269 e. The van der Waals surface area contributed by atoms with E-state index in [0.29, 0.717) is 11.3 Å². The van der Waals surface area contributed by atoms with Crippen LogP contribution in [0.4, 0.5) is 4.39 Å². The van der Waals surface area contributed by atoms with Crippen molar-refractivity contribution >= 4 is 27.5 Å². The molecule has 0 atom stereocenters. The highest BCUT2D eigenvalue weighted by atomic mass is 35.5. The molecule has 30 heavy (non-hydrogen) atoms. The first-order valence-corrected chi connectivity index (χ1v) is 11.5. The molecule has 1 amide bonds. The number of sulfonamides is 1. The molecule has 0 unspecified atom stereocenters. The summed E-state index contributed by atoms with van der Waals surface area (Å²) in [7, 11) is -0.369. The van der Waals surface area contributed by atoms with Gasteiger partial charge in [-0.25, -0.2) is 17.8 Å². The Labute approximate surface area is 179 Å². The number of benzene rings is 1. The average molecular weight is 459 g/mol. The molecule has 0 aliphatic heterocycles. The summed E-state index contributed by atoms with van der Waals surface area (Å²) >= 11 is 5.92. The van der Waals surface area contributed by atoms with E-state index in [4.69, 9.17) is 16.3 Å². The van der Waals surface area contributed by atoms with E-state index >= 15 is 0 Å². The number of nitrogens with zero attached hydrogens (tertiary/aromatic N) is 2. The summed E-state index contributed by atoms with van der Waals surface area (Å²) in [6.45, 7) is 0. The number of hydrogen-bond donors (Lipinski definition) is 2. The van der Waals surface area contributed by atoms with E-state index in [1.807, 2.05) is 0 Å². The molecular formula is C19H24ClFN4O4S. The van der Waals surface area contributed by atoms with Gasteiger partial charge >= 0.3 is 0 Å². The number of imidazole rings is 1. The Morgan fingerprint density at radius 2 is 2.03 bits per heavy atom. The van der Waals surface area contributed by atoms with Crippen LogP contribution in [-0.2, 0) is 21.8 Å². The van der Waals surface area contributed by atoms with Crippen molar-refractivity contribution in [3.8, 4) is 11.3 Å². The molecule has 2 N–H and O–H groups in total. The molecule has 11 heteroatoms. The van der Waals surface area contributed by atoms with E-state index in [0.717, 1.165) is 25.7 Å². The molecule has 1 aliphatic carbocycles. The third-order valence-electron chi connectivity index (χ3n) is 5.18. The average Bonchev–Trinajstić information content (AvgIpc) is 3.15. The minimum Gasteiger partial charge on any atom is -0.381 e. The lowest BCUT2D eigenvalue weighted by Crippen LogP contribution is -2.44. The Bertz CT molecular complexity index is 1020. The Hall–Kier alpha value is -2.01. The molecule has 0 saturated heterocycles. The van der Waals surface area contributed by atoms with Crippen LogP contribution in [0.15, 0.2) is 24.7 Å². The van der Waals surface area contributed by atoms with Gasteiger partial charge in [-0.05, 0) is 43.7 Å². The van der Waals surface area contributed by atoms with Crippen LogP contribution in [-0.4, -0.2) is 42.8 Å². The number of halogens is 2. The third-order valence-corrected chi connectivity index (χ3v) is 6.77. The number of amides is 1. The molecule has 164 valence electrons. The molecule has 0 spiro atoms. The number of methoxy groups -OCH3 is 1. The van der Waals surface area contributed by atoms with E-state index < -0.39 is 21.7 Å². The van der Waals surface area contributed by atoms with Gasteiger partial charge in [-0.15, -0.1) is 4.83 Å². The van der Waals surface area contributed by atoms with Crippen molar-refractivity contribution in [2.45, 2.75) is 31.8 Å². The maximum atomic E-state index is 14.4. The van der Waals surface area contributed by atoms with E-state index in [2.05, 4.69) is 15.2 Å². The van der Waals surface area contributed by atoms with Crippen molar-refractivity contribution in [3.63, 3.8) is 0 Å². The summed E-state index contributed by atoms with van der Waals surface area (Å²) in [5.41, 5.74) is 2.63. The molecule has 1 aromatic heterocycles. The lowest BCUT2D eigenvalue weighted by atomic mass is 9.89. The van der Waals surface area contributed by atoms with Gasteiger partial charge in [0.1, 0.15) is 0 Å². The monoisotopic (exact) mass is 458 g/mol. The van der Waals surface area contributed by atoms with Crippen molar-refractivity contribution < 1.29 is 22.3 Å². The third kappa shape index (κ3) is 5.57. The van der Waals surface area contributed by atoms with Gasteiger partial charge in [-0.2, -0.15) is 0 Å². The van der Waals surface area contributed by atoms with Gasteiger partial charge in [0.2, 0.25) is 10.0 Å². The second-order valence-corrected chi connectivity index (χ2v) is 9.63. The van der Waals surface area contributed by atoms with Crippen LogP contribution < -0.4 is 10.3 Å². The number of ether oxygens (including phenoxy) is 1. The number of nitrogens with one attached hydrogen (secondary N) is 2. The van der Waals surface area contributed by atoms with E-state index in [1.165, 1.54) is 12.1 Å². The van der Waals surface area contributed by atoms with Crippen molar-refractivity contribution in [1.82, 2.24) is 19.8 Å². The van der Waals surface area contributed by atoms with Crippen LogP contribution in [0.1, 0.15) is 36.0 Å². The second-order valence-electron chi connectivity index (χ2n) is 7.46. The summed E-state index contributed by atoms with van der Waals surface area (Å²) in [4.78, 5) is 18.6. The number of hydrazine groups is 1. The van der Waals surface area contributed by atoms with Gasteiger partial charge < -0.3 is 9.30 Å². The highest BCUT2D eigenvalue weighted by molar-refractivity contribution is 7.89. The predicted octanol–water partition coefficient (Wildman–Crippen LogP) is 2.65. The molecule has 1 fully saturated rings. The zero-order valence-electron chi connectivity index (χ0n) is 16.7. The lowest BCUT2D eigenvalue weighted by molar-refractivity contribution is 0.0596. The SMILES string of the molecule is CO[C@H]1CC[C@H](CS(=O)(=O)NNC(=O)c2cc(-c3cn(C)cn3)cc(Cl)c2F)CC1. The van der Waals surface area contributed by atoms with Gasteiger partial charge in [0.25, 0.3) is 5.91 Å². The number of aromatic nitrogens is 2. The molecule has 0 radical (unpaired) electrons. The van der Waals surface area contributed by atoms with E-state index in [1.54, 1.807) is 31.2 Å². The number of carbonyl (C=O) groups excluding carboxylic acids is 1. The highest BCUT2D eigenvalue weighted by Crippen LogP contribution is 2.28. The van der Waals surface area contributed by atoms with Crippen molar-refractivity contribution in [1.29, 1.82) is 0 Å². The fourth-order valence-corrected chi connectivity index (χ4v) is 5.05. The van der Waals surface area contributed by atoms with E-state index in [9.17, 15) is 17.6 Å². The summed E-state index contributed by atoms with van der Waals surface area (Å²) in [5, 5.41) is -0.263. The van der Waals surface area contributed by atoms with Crippen LogP contribution in [0, 0.1) is 11.7 Å². The number of rotatable bonds is 7. The minimum atomic E-state index is -3.78. The molecule has 1 aliphatic rings. The van der Waals surface area contributed by atoms with Gasteiger partial charge in [-0.1, -0.05) is 11.6 Å². The molecule has 3 rings (SSSR count). The van der Waals surface area contributed by atoms with Crippen LogP contribution >= 0.6 is 11.6 Å². The van der Waals surface area contributed by atoms with Crippen molar-refractivity contribution in [2.24, 2.45) is 13.0 Å². The molecule has 1 heterocycles. The zero-order chi connectivity index (χ0) is 21.9. The van der Waals surface area contributed by atoms with Crippen LogP contribution in [0.25, 0.3) is 11.3 Å². The van der Waals surface area contributed by atoms with Gasteiger partial charge in [0.05, 0.1) is 34.5 Å². The first kappa shape index (κ1) is 22.7. The standard InChI is InChI=1S/C19H24ClFN4O4S/c1-25-9-17(22-11-25)13-7-15(18(21)16(20)8-13)19(26)23-24-30(27,28)10-12-3-5-14(29-2)6-4-12/h7-9,11-12,14,24H,3-6,10H2,1-2H3,(H,23,26)/t12-,14-. The summed E-state index contributed by atoms with van der Waals surface area (Å²) in [5.74, 6) is -2.03. The fourth-order valence-electron chi connectivity index (χ4n) is 3.54. The highest BCUT2D eigenvalue weighted by Gasteiger charge is 2.26. The Balaban J connectivity index is 1.66. The molecule has 8 nitrogen and oxygen atoms in total. The normalized spacial score (nSPS) is 19.6. The first-order chi connectivity index (χ1) is 14.2. The molecule has 0 bridgehead atoms. The van der Waals surface area contributed by atoms with E-state index in [-0.39, 0.29) is 28.4 Å².